The second kappa shape index (κ2) is 4.02. The molecular weight excluding hydrogens is 173 g/mol. The molecule has 2 N–H and O–H groups in total. The summed E-state index contributed by atoms with van der Waals surface area (Å²) in [5.41, 5.74) is 5.16. The average molecular weight is 189 g/mol. The third kappa shape index (κ3) is 2.63. The number of primary amides is 1. The third-order valence-corrected chi connectivity index (χ3v) is 2.15. The van der Waals surface area contributed by atoms with Crippen molar-refractivity contribution in [2.75, 3.05) is 27.3 Å². The number of alkyl halides is 1. The van der Waals surface area contributed by atoms with Crippen molar-refractivity contribution in [1.29, 1.82) is 0 Å². The van der Waals surface area contributed by atoms with Crippen LogP contribution in [-0.2, 0) is 4.79 Å². The van der Waals surface area contributed by atoms with Gasteiger partial charge >= 0.3 is 0 Å². The molecule has 0 saturated carbocycles. The summed E-state index contributed by atoms with van der Waals surface area (Å²) in [5.74, 6) is -0.429. The van der Waals surface area contributed by atoms with Crippen LogP contribution in [0.25, 0.3) is 0 Å². The minimum Gasteiger partial charge on any atom is -0.368 e. The molecule has 1 aliphatic heterocycles. The largest absolute Gasteiger partial charge is 0.368 e. The van der Waals surface area contributed by atoms with Crippen LogP contribution in [-0.4, -0.2) is 55.2 Å². The molecule has 13 heavy (non-hydrogen) atoms. The molecule has 1 fully saturated rings. The van der Waals surface area contributed by atoms with E-state index in [1.807, 2.05) is 19.0 Å². The SMILES string of the molecule is CN(C)CN1CC(F)CC1C(N)=O. The smallest absolute Gasteiger partial charge is 0.234 e. The lowest BCUT2D eigenvalue weighted by Gasteiger charge is -2.24. The number of carbonyl (C=O) groups is 1. The van der Waals surface area contributed by atoms with Crippen molar-refractivity contribution >= 4 is 5.91 Å². The molecule has 5 heteroatoms. The van der Waals surface area contributed by atoms with Crippen molar-refractivity contribution in [2.45, 2.75) is 18.6 Å². The van der Waals surface area contributed by atoms with Crippen molar-refractivity contribution in [3.05, 3.63) is 0 Å². The van der Waals surface area contributed by atoms with Gasteiger partial charge in [0.25, 0.3) is 0 Å². The zero-order valence-electron chi connectivity index (χ0n) is 8.03. The van der Waals surface area contributed by atoms with Gasteiger partial charge in [-0.1, -0.05) is 0 Å². The summed E-state index contributed by atoms with van der Waals surface area (Å²) >= 11 is 0. The molecule has 1 saturated heterocycles. The maximum atomic E-state index is 13.0. The number of hydrogen-bond donors (Lipinski definition) is 1. The maximum Gasteiger partial charge on any atom is 0.234 e. The molecule has 4 nitrogen and oxygen atoms in total. The molecule has 1 amide bonds. The first-order valence-electron chi connectivity index (χ1n) is 4.33. The lowest BCUT2D eigenvalue weighted by atomic mass is 10.2. The lowest BCUT2D eigenvalue weighted by Crippen LogP contribution is -2.44. The molecule has 2 unspecified atom stereocenters. The molecule has 1 heterocycles. The second-order valence-electron chi connectivity index (χ2n) is 3.74. The lowest BCUT2D eigenvalue weighted by molar-refractivity contribution is -0.122. The fourth-order valence-electron chi connectivity index (χ4n) is 1.66. The number of carbonyl (C=O) groups excluding carboxylic acids is 1. The number of halogens is 1. The van der Waals surface area contributed by atoms with E-state index in [2.05, 4.69) is 0 Å². The standard InChI is InChI=1S/C8H16FN3O/c1-11(2)5-12-4-6(9)3-7(12)8(10)13/h6-7H,3-5H2,1-2H3,(H2,10,13). The summed E-state index contributed by atoms with van der Waals surface area (Å²) in [7, 11) is 3.76. The summed E-state index contributed by atoms with van der Waals surface area (Å²) in [6.45, 7) is 0.889. The number of nitrogens with zero attached hydrogens (tertiary/aromatic N) is 2. The summed E-state index contributed by atoms with van der Waals surface area (Å²) in [6.07, 6.45) is -0.680. The van der Waals surface area contributed by atoms with E-state index in [9.17, 15) is 9.18 Å². The molecule has 2 atom stereocenters. The van der Waals surface area contributed by atoms with Crippen LogP contribution in [0.3, 0.4) is 0 Å². The molecule has 0 aromatic carbocycles. The average Bonchev–Trinajstić information content (AvgIpc) is 2.29. The van der Waals surface area contributed by atoms with Crippen molar-refractivity contribution in [1.82, 2.24) is 9.80 Å². The topological polar surface area (TPSA) is 49.6 Å². The summed E-state index contributed by atoms with van der Waals surface area (Å²) in [6, 6.07) is -0.433. The van der Waals surface area contributed by atoms with Crippen LogP contribution in [0.5, 0.6) is 0 Å². The minimum absolute atomic E-state index is 0.239. The molecule has 0 spiro atoms. The highest BCUT2D eigenvalue weighted by molar-refractivity contribution is 5.80. The second-order valence-corrected chi connectivity index (χ2v) is 3.74. The monoisotopic (exact) mass is 189 g/mol. The summed E-state index contributed by atoms with van der Waals surface area (Å²) in [4.78, 5) is 14.6. The fraction of sp³-hybridized carbons (Fsp3) is 0.875. The Morgan fingerprint density at radius 2 is 2.31 bits per heavy atom. The number of amides is 1. The number of nitrogens with two attached hydrogens (primary N) is 1. The molecule has 1 rings (SSSR count). The molecule has 0 radical (unpaired) electrons. The van der Waals surface area contributed by atoms with E-state index in [1.54, 1.807) is 4.90 Å². The van der Waals surface area contributed by atoms with E-state index < -0.39 is 18.1 Å². The molecule has 0 bridgehead atoms. The first kappa shape index (κ1) is 10.4. The predicted octanol–water partition coefficient (Wildman–Crippen LogP) is -0.597. The van der Waals surface area contributed by atoms with E-state index in [1.165, 1.54) is 0 Å². The molecular formula is C8H16FN3O. The first-order chi connectivity index (χ1) is 6.00. The third-order valence-electron chi connectivity index (χ3n) is 2.15. The Labute approximate surface area is 77.5 Å². The van der Waals surface area contributed by atoms with Gasteiger partial charge < -0.3 is 5.73 Å². The van der Waals surface area contributed by atoms with Gasteiger partial charge in [0.2, 0.25) is 5.91 Å². The molecule has 0 aromatic rings. The number of likely N-dealkylation sites (tertiary alicyclic amines) is 1. The van der Waals surface area contributed by atoms with E-state index >= 15 is 0 Å². The van der Waals surface area contributed by atoms with E-state index in [4.69, 9.17) is 5.73 Å². The van der Waals surface area contributed by atoms with Gasteiger partial charge in [0, 0.05) is 13.0 Å². The molecule has 76 valence electrons. The Morgan fingerprint density at radius 3 is 2.77 bits per heavy atom. The summed E-state index contributed by atoms with van der Waals surface area (Å²) < 4.78 is 13.0. The highest BCUT2D eigenvalue weighted by Crippen LogP contribution is 2.19. The Kier molecular flexibility index (Phi) is 3.22. The van der Waals surface area contributed by atoms with Gasteiger partial charge in [-0.3, -0.25) is 14.6 Å². The summed E-state index contributed by atoms with van der Waals surface area (Å²) in [5, 5.41) is 0. The van der Waals surface area contributed by atoms with Gasteiger partial charge in [-0.05, 0) is 14.1 Å². The first-order valence-corrected chi connectivity index (χ1v) is 4.33. The Hall–Kier alpha value is -0.680. The van der Waals surface area contributed by atoms with Crippen LogP contribution >= 0.6 is 0 Å². The fourth-order valence-corrected chi connectivity index (χ4v) is 1.66. The van der Waals surface area contributed by atoms with E-state index in [-0.39, 0.29) is 6.42 Å². The van der Waals surface area contributed by atoms with Crippen LogP contribution in [0.4, 0.5) is 4.39 Å². The molecule has 0 aliphatic carbocycles. The highest BCUT2D eigenvalue weighted by Gasteiger charge is 2.35. The van der Waals surface area contributed by atoms with Crippen LogP contribution in [0, 0.1) is 0 Å². The van der Waals surface area contributed by atoms with Crippen LogP contribution in [0.1, 0.15) is 6.42 Å². The van der Waals surface area contributed by atoms with Gasteiger partial charge in [0.05, 0.1) is 12.7 Å². The molecule has 1 aliphatic rings. The van der Waals surface area contributed by atoms with E-state index in [0.29, 0.717) is 13.2 Å². The van der Waals surface area contributed by atoms with Crippen molar-refractivity contribution in [2.24, 2.45) is 5.73 Å². The van der Waals surface area contributed by atoms with Gasteiger partial charge in [-0.15, -0.1) is 0 Å². The van der Waals surface area contributed by atoms with Gasteiger partial charge in [0.15, 0.2) is 0 Å². The quantitative estimate of drug-likeness (QED) is 0.645. The van der Waals surface area contributed by atoms with E-state index in [0.717, 1.165) is 0 Å². The van der Waals surface area contributed by atoms with Crippen LogP contribution in [0.15, 0.2) is 0 Å². The number of hydrogen-bond acceptors (Lipinski definition) is 3. The van der Waals surface area contributed by atoms with Gasteiger partial charge in [-0.2, -0.15) is 0 Å². The van der Waals surface area contributed by atoms with Crippen molar-refractivity contribution < 1.29 is 9.18 Å². The molecule has 0 aromatic heterocycles. The Bertz CT molecular complexity index is 198. The van der Waals surface area contributed by atoms with Crippen LogP contribution < -0.4 is 5.73 Å². The highest BCUT2D eigenvalue weighted by atomic mass is 19.1. The van der Waals surface area contributed by atoms with Crippen LogP contribution in [0.2, 0.25) is 0 Å². The zero-order valence-corrected chi connectivity index (χ0v) is 8.03. The zero-order chi connectivity index (χ0) is 10.0. The predicted molar refractivity (Wildman–Crippen MR) is 47.8 cm³/mol. The normalized spacial score (nSPS) is 29.8. The maximum absolute atomic E-state index is 13.0. The van der Waals surface area contributed by atoms with Gasteiger partial charge in [-0.25, -0.2) is 4.39 Å². The van der Waals surface area contributed by atoms with Crippen molar-refractivity contribution in [3.63, 3.8) is 0 Å². The van der Waals surface area contributed by atoms with Gasteiger partial charge in [0.1, 0.15) is 6.17 Å². The Balaban J connectivity index is 2.55. The minimum atomic E-state index is -0.919. The van der Waals surface area contributed by atoms with Crippen molar-refractivity contribution in [3.8, 4) is 0 Å². The number of rotatable bonds is 3. The Morgan fingerprint density at radius 1 is 1.69 bits per heavy atom.